The first kappa shape index (κ1) is 16.6. The van der Waals surface area contributed by atoms with E-state index in [9.17, 15) is 13.2 Å². The minimum atomic E-state index is -3.76. The Hall–Kier alpha value is -1.44. The maximum Gasteiger partial charge on any atom is 0.251 e. The number of ether oxygens (including phenoxy) is 1. The summed E-state index contributed by atoms with van der Waals surface area (Å²) in [5, 5.41) is 7.89. The molecule has 0 aromatic heterocycles. The molecule has 0 spiro atoms. The summed E-state index contributed by atoms with van der Waals surface area (Å²) in [6.45, 7) is 4.04. The molecule has 1 amide bonds. The first-order valence-corrected chi connectivity index (χ1v) is 7.77. The summed E-state index contributed by atoms with van der Waals surface area (Å²) in [6, 6.07) is 4.10. The maximum absolute atomic E-state index is 12.1. The van der Waals surface area contributed by atoms with Gasteiger partial charge in [-0.05, 0) is 37.1 Å². The largest absolute Gasteiger partial charge is 0.383 e. The first-order chi connectivity index (χ1) is 9.29. The number of hydrogen-bond donors (Lipinski definition) is 2. The summed E-state index contributed by atoms with van der Waals surface area (Å²) in [7, 11) is -2.19. The molecule has 1 unspecified atom stereocenters. The molecule has 1 rings (SSSR count). The number of methoxy groups -OCH3 is 1. The van der Waals surface area contributed by atoms with Crippen molar-refractivity contribution in [1.82, 2.24) is 5.32 Å². The number of nitrogens with one attached hydrogen (secondary N) is 1. The lowest BCUT2D eigenvalue weighted by atomic mass is 10.1. The molecule has 3 N–H and O–H groups in total. The highest BCUT2D eigenvalue weighted by Crippen LogP contribution is 2.14. The van der Waals surface area contributed by atoms with Gasteiger partial charge < -0.3 is 10.1 Å². The lowest BCUT2D eigenvalue weighted by Gasteiger charge is -2.17. The van der Waals surface area contributed by atoms with Gasteiger partial charge in [-0.2, -0.15) is 0 Å². The van der Waals surface area contributed by atoms with Crippen molar-refractivity contribution in [3.8, 4) is 0 Å². The van der Waals surface area contributed by atoms with E-state index in [4.69, 9.17) is 9.88 Å². The van der Waals surface area contributed by atoms with E-state index in [0.717, 1.165) is 6.42 Å². The van der Waals surface area contributed by atoms with Crippen LogP contribution in [-0.2, 0) is 14.8 Å². The number of rotatable bonds is 6. The zero-order valence-electron chi connectivity index (χ0n) is 11.8. The van der Waals surface area contributed by atoms with Crippen molar-refractivity contribution in [3.63, 3.8) is 0 Å². The molecule has 0 fully saturated rings. The van der Waals surface area contributed by atoms with Crippen molar-refractivity contribution in [3.05, 3.63) is 29.3 Å². The molecule has 0 heterocycles. The number of carbonyl (C=O) groups excluding carboxylic acids is 1. The Morgan fingerprint density at radius 2 is 2.10 bits per heavy atom. The van der Waals surface area contributed by atoms with Gasteiger partial charge in [-0.15, -0.1) is 0 Å². The predicted octanol–water partition coefficient (Wildman–Crippen LogP) is 0.797. The monoisotopic (exact) mass is 300 g/mol. The number of benzene rings is 1. The highest BCUT2D eigenvalue weighted by molar-refractivity contribution is 7.89. The molecule has 0 aliphatic carbocycles. The van der Waals surface area contributed by atoms with Gasteiger partial charge >= 0.3 is 0 Å². The van der Waals surface area contributed by atoms with Crippen LogP contribution in [0.5, 0.6) is 0 Å². The van der Waals surface area contributed by atoms with Crippen LogP contribution in [0.15, 0.2) is 23.1 Å². The lowest BCUT2D eigenvalue weighted by Crippen LogP contribution is -2.37. The van der Waals surface area contributed by atoms with Crippen LogP contribution < -0.4 is 10.5 Å². The predicted molar refractivity (Wildman–Crippen MR) is 76.0 cm³/mol. The van der Waals surface area contributed by atoms with Gasteiger partial charge in [-0.25, -0.2) is 13.6 Å². The fraction of sp³-hybridized carbons (Fsp3) is 0.462. The van der Waals surface area contributed by atoms with Crippen LogP contribution in [0.2, 0.25) is 0 Å². The van der Waals surface area contributed by atoms with E-state index < -0.39 is 10.0 Å². The SMILES string of the molecule is CCC(COC)NC(=O)c1ccc(S(N)(=O)=O)cc1C. The van der Waals surface area contributed by atoms with Crippen molar-refractivity contribution in [2.24, 2.45) is 5.14 Å². The van der Waals surface area contributed by atoms with Gasteiger partial charge in [0.1, 0.15) is 0 Å². The molecule has 0 saturated heterocycles. The molecule has 7 heteroatoms. The first-order valence-electron chi connectivity index (χ1n) is 6.22. The lowest BCUT2D eigenvalue weighted by molar-refractivity contribution is 0.0894. The van der Waals surface area contributed by atoms with Crippen LogP contribution in [0.4, 0.5) is 0 Å². The van der Waals surface area contributed by atoms with E-state index in [-0.39, 0.29) is 16.8 Å². The van der Waals surface area contributed by atoms with Crippen LogP contribution in [0.1, 0.15) is 29.3 Å². The van der Waals surface area contributed by atoms with Gasteiger partial charge in [0.15, 0.2) is 0 Å². The molecular formula is C13H20N2O4S. The van der Waals surface area contributed by atoms with Gasteiger partial charge in [0, 0.05) is 12.7 Å². The molecule has 0 aliphatic rings. The maximum atomic E-state index is 12.1. The summed E-state index contributed by atoms with van der Waals surface area (Å²) in [4.78, 5) is 12.1. The summed E-state index contributed by atoms with van der Waals surface area (Å²) in [5.41, 5.74) is 0.980. The number of carbonyl (C=O) groups is 1. The molecule has 112 valence electrons. The Kier molecular flexibility index (Phi) is 5.67. The molecule has 0 saturated carbocycles. The Balaban J connectivity index is 2.95. The third-order valence-electron chi connectivity index (χ3n) is 2.97. The average Bonchev–Trinajstić information content (AvgIpc) is 2.36. The van der Waals surface area contributed by atoms with E-state index in [1.165, 1.54) is 18.2 Å². The number of aryl methyl sites for hydroxylation is 1. The number of sulfonamides is 1. The topological polar surface area (TPSA) is 98.5 Å². The third-order valence-corrected chi connectivity index (χ3v) is 3.88. The molecule has 1 aromatic carbocycles. The molecule has 0 radical (unpaired) electrons. The molecule has 1 atom stereocenters. The number of hydrogen-bond acceptors (Lipinski definition) is 4. The fourth-order valence-electron chi connectivity index (χ4n) is 1.79. The van der Waals surface area contributed by atoms with E-state index in [2.05, 4.69) is 5.32 Å². The number of nitrogens with two attached hydrogens (primary N) is 1. The van der Waals surface area contributed by atoms with Crippen LogP contribution >= 0.6 is 0 Å². The average molecular weight is 300 g/mol. The second-order valence-corrected chi connectivity index (χ2v) is 6.12. The Labute approximate surface area is 119 Å². The van der Waals surface area contributed by atoms with E-state index in [1.54, 1.807) is 14.0 Å². The highest BCUT2D eigenvalue weighted by Gasteiger charge is 2.16. The molecular weight excluding hydrogens is 280 g/mol. The van der Waals surface area contributed by atoms with Gasteiger partial charge in [0.2, 0.25) is 10.0 Å². The van der Waals surface area contributed by atoms with Crippen molar-refractivity contribution in [1.29, 1.82) is 0 Å². The molecule has 6 nitrogen and oxygen atoms in total. The smallest absolute Gasteiger partial charge is 0.251 e. The van der Waals surface area contributed by atoms with Crippen LogP contribution in [0.3, 0.4) is 0 Å². The van der Waals surface area contributed by atoms with Crippen molar-refractivity contribution in [2.45, 2.75) is 31.2 Å². The fourth-order valence-corrected chi connectivity index (χ4v) is 2.39. The van der Waals surface area contributed by atoms with E-state index in [1.807, 2.05) is 6.92 Å². The summed E-state index contributed by atoms with van der Waals surface area (Å²) in [6.07, 6.45) is 0.744. The Bertz CT molecular complexity index is 584. The summed E-state index contributed by atoms with van der Waals surface area (Å²) >= 11 is 0. The van der Waals surface area contributed by atoms with E-state index >= 15 is 0 Å². The van der Waals surface area contributed by atoms with Crippen molar-refractivity contribution < 1.29 is 17.9 Å². The number of primary sulfonamides is 1. The normalized spacial score (nSPS) is 13.0. The zero-order chi connectivity index (χ0) is 15.3. The van der Waals surface area contributed by atoms with Gasteiger partial charge in [-0.3, -0.25) is 4.79 Å². The van der Waals surface area contributed by atoms with Crippen LogP contribution in [-0.4, -0.2) is 34.1 Å². The standard InChI is InChI=1S/C13H20N2O4S/c1-4-10(8-19-3)15-13(16)12-6-5-11(7-9(12)2)20(14,17)18/h5-7,10H,4,8H2,1-3H3,(H,15,16)(H2,14,17,18). The van der Waals surface area contributed by atoms with Gasteiger partial charge in [0.05, 0.1) is 17.5 Å². The van der Waals surface area contributed by atoms with Gasteiger partial charge in [0.25, 0.3) is 5.91 Å². The third kappa shape index (κ3) is 4.29. The molecule has 0 aliphatic heterocycles. The Morgan fingerprint density at radius 3 is 2.55 bits per heavy atom. The summed E-state index contributed by atoms with van der Waals surface area (Å²) in [5.74, 6) is -0.257. The molecule has 20 heavy (non-hydrogen) atoms. The van der Waals surface area contributed by atoms with Crippen molar-refractivity contribution in [2.75, 3.05) is 13.7 Å². The number of amides is 1. The van der Waals surface area contributed by atoms with Crippen LogP contribution in [0, 0.1) is 6.92 Å². The Morgan fingerprint density at radius 1 is 1.45 bits per heavy atom. The van der Waals surface area contributed by atoms with E-state index in [0.29, 0.717) is 17.7 Å². The minimum absolute atomic E-state index is 0.00418. The highest BCUT2D eigenvalue weighted by atomic mass is 32.2. The zero-order valence-corrected chi connectivity index (χ0v) is 12.7. The second kappa shape index (κ2) is 6.83. The molecule has 0 bridgehead atoms. The quantitative estimate of drug-likeness (QED) is 0.811. The van der Waals surface area contributed by atoms with Crippen LogP contribution in [0.25, 0.3) is 0 Å². The molecule has 1 aromatic rings. The second-order valence-electron chi connectivity index (χ2n) is 4.56. The van der Waals surface area contributed by atoms with Gasteiger partial charge in [-0.1, -0.05) is 6.92 Å². The van der Waals surface area contributed by atoms with Crippen molar-refractivity contribution >= 4 is 15.9 Å². The summed E-state index contributed by atoms with van der Waals surface area (Å²) < 4.78 is 27.5. The minimum Gasteiger partial charge on any atom is -0.383 e.